The molecule has 0 bridgehead atoms. The van der Waals surface area contributed by atoms with E-state index in [0.29, 0.717) is 32.9 Å². The number of hydrogen-bond donors (Lipinski definition) is 1. The highest BCUT2D eigenvalue weighted by Crippen LogP contribution is 1.86. The minimum Gasteiger partial charge on any atom is -0.463 e. The van der Waals surface area contributed by atoms with Gasteiger partial charge in [-0.25, -0.2) is 0 Å². The minimum atomic E-state index is -0.191. The van der Waals surface area contributed by atoms with Crippen molar-refractivity contribution >= 4 is 5.97 Å². The molecule has 0 aromatic carbocycles. The summed E-state index contributed by atoms with van der Waals surface area (Å²) in [6.45, 7) is 5.48. The molecule has 0 fully saturated rings. The number of carbonyl (C=O) groups excluding carboxylic acids is 1. The average molecular weight is 218 g/mol. The van der Waals surface area contributed by atoms with Crippen LogP contribution < -0.4 is 5.32 Å². The topological polar surface area (TPSA) is 50.8 Å². The van der Waals surface area contributed by atoms with Crippen molar-refractivity contribution in [1.82, 2.24) is 10.2 Å². The quantitative estimate of drug-likeness (QED) is 0.426. The van der Waals surface area contributed by atoms with Gasteiger partial charge in [0.15, 0.2) is 0 Å². The van der Waals surface area contributed by atoms with Crippen LogP contribution in [0.1, 0.15) is 6.92 Å². The number of likely N-dealkylation sites (N-methyl/N-ethyl adjacent to an activating group) is 2. The number of nitrogens with zero attached hydrogens (tertiary/aromatic N) is 1. The highest BCUT2D eigenvalue weighted by atomic mass is 16.5. The zero-order valence-corrected chi connectivity index (χ0v) is 9.91. The zero-order valence-electron chi connectivity index (χ0n) is 9.91. The van der Waals surface area contributed by atoms with E-state index < -0.39 is 0 Å². The van der Waals surface area contributed by atoms with Crippen LogP contribution in [0, 0.1) is 0 Å². The first kappa shape index (κ1) is 14.3. The summed E-state index contributed by atoms with van der Waals surface area (Å²) in [5.74, 6) is -0.191. The Bertz CT molecular complexity index is 165. The van der Waals surface area contributed by atoms with Gasteiger partial charge in [-0.2, -0.15) is 0 Å². The number of hydrogen-bond acceptors (Lipinski definition) is 5. The first-order chi connectivity index (χ1) is 7.20. The first-order valence-electron chi connectivity index (χ1n) is 5.27. The van der Waals surface area contributed by atoms with Crippen molar-refractivity contribution in [2.24, 2.45) is 0 Å². The molecule has 0 heterocycles. The smallest absolute Gasteiger partial charge is 0.320 e. The molecule has 5 heteroatoms. The van der Waals surface area contributed by atoms with Crippen LogP contribution in [-0.4, -0.2) is 64.4 Å². The van der Waals surface area contributed by atoms with Crippen molar-refractivity contribution in [2.75, 3.05) is 53.6 Å². The zero-order chi connectivity index (χ0) is 11.5. The van der Waals surface area contributed by atoms with E-state index in [1.165, 1.54) is 0 Å². The van der Waals surface area contributed by atoms with E-state index in [2.05, 4.69) is 5.32 Å². The summed E-state index contributed by atoms with van der Waals surface area (Å²) in [6, 6.07) is 0. The highest BCUT2D eigenvalue weighted by molar-refractivity contribution is 5.71. The second-order valence-electron chi connectivity index (χ2n) is 3.26. The van der Waals surface area contributed by atoms with Crippen LogP contribution >= 0.6 is 0 Å². The minimum absolute atomic E-state index is 0.191. The van der Waals surface area contributed by atoms with Gasteiger partial charge >= 0.3 is 5.97 Å². The van der Waals surface area contributed by atoms with Crippen molar-refractivity contribution in [3.8, 4) is 0 Å². The second-order valence-corrected chi connectivity index (χ2v) is 3.26. The molecule has 0 spiro atoms. The van der Waals surface area contributed by atoms with Gasteiger partial charge in [0.2, 0.25) is 0 Å². The summed E-state index contributed by atoms with van der Waals surface area (Å²) in [6.07, 6.45) is 0. The lowest BCUT2D eigenvalue weighted by molar-refractivity contribution is -0.144. The van der Waals surface area contributed by atoms with Gasteiger partial charge in [0.25, 0.3) is 0 Å². The Morgan fingerprint density at radius 1 is 1.40 bits per heavy atom. The molecule has 0 saturated heterocycles. The summed E-state index contributed by atoms with van der Waals surface area (Å²) < 4.78 is 10.2. The monoisotopic (exact) mass is 218 g/mol. The lowest BCUT2D eigenvalue weighted by atomic mass is 10.5. The molecule has 0 aliphatic heterocycles. The molecule has 0 radical (unpaired) electrons. The summed E-state index contributed by atoms with van der Waals surface area (Å²) >= 11 is 0. The van der Waals surface area contributed by atoms with E-state index in [4.69, 9.17) is 9.47 Å². The van der Waals surface area contributed by atoms with Crippen molar-refractivity contribution in [3.05, 3.63) is 0 Å². The number of esters is 1. The Labute approximate surface area is 91.7 Å². The number of carbonyl (C=O) groups is 1. The van der Waals surface area contributed by atoms with Crippen LogP contribution in [0.25, 0.3) is 0 Å². The van der Waals surface area contributed by atoms with Gasteiger partial charge in [0.05, 0.1) is 13.2 Å². The first-order valence-corrected chi connectivity index (χ1v) is 5.27. The maximum atomic E-state index is 11.2. The summed E-state index contributed by atoms with van der Waals surface area (Å²) in [5.41, 5.74) is 0. The van der Waals surface area contributed by atoms with E-state index >= 15 is 0 Å². The molecule has 5 nitrogen and oxygen atoms in total. The Morgan fingerprint density at radius 3 is 2.73 bits per heavy atom. The van der Waals surface area contributed by atoms with Crippen molar-refractivity contribution in [3.63, 3.8) is 0 Å². The van der Waals surface area contributed by atoms with Crippen LogP contribution in [0.15, 0.2) is 0 Å². The molecule has 0 amide bonds. The van der Waals surface area contributed by atoms with Gasteiger partial charge in [-0.15, -0.1) is 0 Å². The fraction of sp³-hybridized carbons (Fsp3) is 0.900. The van der Waals surface area contributed by atoms with Gasteiger partial charge in [0, 0.05) is 19.7 Å². The Balaban J connectivity index is 3.40. The molecular formula is C10H22N2O3. The van der Waals surface area contributed by atoms with Crippen LogP contribution in [0.3, 0.4) is 0 Å². The van der Waals surface area contributed by atoms with Crippen LogP contribution in [0.4, 0.5) is 0 Å². The predicted molar refractivity (Wildman–Crippen MR) is 58.9 cm³/mol. The third kappa shape index (κ3) is 9.65. The molecular weight excluding hydrogens is 196 g/mol. The molecule has 0 aromatic heterocycles. The van der Waals surface area contributed by atoms with E-state index in [0.717, 1.165) is 6.54 Å². The van der Waals surface area contributed by atoms with E-state index in [-0.39, 0.29) is 5.97 Å². The summed E-state index contributed by atoms with van der Waals surface area (Å²) in [7, 11) is 3.69. The molecule has 0 aliphatic carbocycles. The molecule has 90 valence electrons. The SMILES string of the molecule is CCOCCN(C)CC(=O)OCCNC. The van der Waals surface area contributed by atoms with Gasteiger partial charge < -0.3 is 14.8 Å². The van der Waals surface area contributed by atoms with Gasteiger partial charge in [-0.1, -0.05) is 0 Å². The maximum Gasteiger partial charge on any atom is 0.320 e. The fourth-order valence-electron chi connectivity index (χ4n) is 0.977. The number of nitrogens with one attached hydrogen (secondary N) is 1. The average Bonchev–Trinajstić information content (AvgIpc) is 2.18. The third-order valence-corrected chi connectivity index (χ3v) is 1.84. The fourth-order valence-corrected chi connectivity index (χ4v) is 0.977. The molecule has 0 unspecified atom stereocenters. The third-order valence-electron chi connectivity index (χ3n) is 1.84. The van der Waals surface area contributed by atoms with Crippen LogP contribution in [0.5, 0.6) is 0 Å². The predicted octanol–water partition coefficient (Wildman–Crippen LogP) is -0.283. The Hall–Kier alpha value is -0.650. The molecule has 1 N–H and O–H groups in total. The lowest BCUT2D eigenvalue weighted by Gasteiger charge is -2.15. The molecule has 0 rings (SSSR count). The van der Waals surface area contributed by atoms with Gasteiger partial charge in [-0.3, -0.25) is 9.69 Å². The molecule has 0 saturated carbocycles. The number of ether oxygens (including phenoxy) is 2. The van der Waals surface area contributed by atoms with E-state index in [1.807, 2.05) is 25.9 Å². The maximum absolute atomic E-state index is 11.2. The van der Waals surface area contributed by atoms with E-state index in [9.17, 15) is 4.79 Å². The molecule has 0 aliphatic rings. The molecule has 0 aromatic rings. The van der Waals surface area contributed by atoms with Crippen molar-refractivity contribution in [2.45, 2.75) is 6.92 Å². The van der Waals surface area contributed by atoms with Crippen LogP contribution in [0.2, 0.25) is 0 Å². The van der Waals surface area contributed by atoms with Gasteiger partial charge in [-0.05, 0) is 21.0 Å². The largest absolute Gasteiger partial charge is 0.463 e. The highest BCUT2D eigenvalue weighted by Gasteiger charge is 2.06. The summed E-state index contributed by atoms with van der Waals surface area (Å²) in [5, 5.41) is 2.91. The molecule has 15 heavy (non-hydrogen) atoms. The van der Waals surface area contributed by atoms with Crippen LogP contribution in [-0.2, 0) is 14.3 Å². The standard InChI is InChI=1S/C10H22N2O3/c1-4-14-8-6-12(3)9-10(13)15-7-5-11-2/h11H,4-9H2,1-3H3. The van der Waals surface area contributed by atoms with Crippen molar-refractivity contribution < 1.29 is 14.3 Å². The number of rotatable bonds is 9. The second kappa shape index (κ2) is 9.89. The van der Waals surface area contributed by atoms with Crippen molar-refractivity contribution in [1.29, 1.82) is 0 Å². The molecule has 0 atom stereocenters. The van der Waals surface area contributed by atoms with Gasteiger partial charge in [0.1, 0.15) is 6.61 Å². The normalized spacial score (nSPS) is 10.7. The Kier molecular flexibility index (Phi) is 9.46. The Morgan fingerprint density at radius 2 is 2.13 bits per heavy atom. The lowest BCUT2D eigenvalue weighted by Crippen LogP contribution is -2.31. The summed E-state index contributed by atoms with van der Waals surface area (Å²) in [4.78, 5) is 13.1. The van der Waals surface area contributed by atoms with E-state index in [1.54, 1.807) is 0 Å².